The molecule has 0 bridgehead atoms. The highest BCUT2D eigenvalue weighted by Gasteiger charge is 2.31. The number of hydrogen-bond acceptors (Lipinski definition) is 6. The van der Waals surface area contributed by atoms with Crippen LogP contribution in [0.1, 0.15) is 37.1 Å². The molecule has 0 atom stereocenters. The van der Waals surface area contributed by atoms with Crippen LogP contribution in [0.2, 0.25) is 0 Å². The molecule has 0 saturated carbocycles. The van der Waals surface area contributed by atoms with Crippen molar-refractivity contribution in [2.45, 2.75) is 43.0 Å². The maximum absolute atomic E-state index is 11.4. The smallest absolute Gasteiger partial charge is 0.319 e. The number of anilines is 2. The Balaban J connectivity index is 1.92. The zero-order chi connectivity index (χ0) is 18.0. The van der Waals surface area contributed by atoms with Crippen LogP contribution in [0.5, 0.6) is 0 Å². The molecular weight excluding hydrogens is 336 g/mol. The fraction of sp³-hybridized carbons (Fsp3) is 0.333. The molecule has 128 valence electrons. The van der Waals surface area contributed by atoms with Gasteiger partial charge in [0.15, 0.2) is 5.16 Å². The second-order valence-electron chi connectivity index (χ2n) is 6.37. The Hall–Kier alpha value is -2.59. The van der Waals surface area contributed by atoms with Gasteiger partial charge in [0.25, 0.3) is 0 Å². The van der Waals surface area contributed by atoms with Gasteiger partial charge >= 0.3 is 5.97 Å². The van der Waals surface area contributed by atoms with Gasteiger partial charge in [0.05, 0.1) is 17.3 Å². The Morgan fingerprint density at radius 2 is 2.00 bits per heavy atom. The van der Waals surface area contributed by atoms with Gasteiger partial charge in [0.1, 0.15) is 10.6 Å². The highest BCUT2D eigenvalue weighted by molar-refractivity contribution is 8.01. The summed E-state index contributed by atoms with van der Waals surface area (Å²) in [5.41, 5.74) is 3.50. The van der Waals surface area contributed by atoms with E-state index in [4.69, 9.17) is 5.26 Å². The molecule has 3 rings (SSSR count). The van der Waals surface area contributed by atoms with E-state index in [9.17, 15) is 9.90 Å². The van der Waals surface area contributed by atoms with Gasteiger partial charge in [-0.05, 0) is 57.4 Å². The molecular formula is C18H18N4O2S. The molecule has 2 N–H and O–H groups in total. The zero-order valence-corrected chi connectivity index (χ0v) is 14.9. The van der Waals surface area contributed by atoms with E-state index in [0.717, 1.165) is 53.8 Å². The number of aryl methyl sites for hydroxylation is 1. The van der Waals surface area contributed by atoms with Crippen LogP contribution in [0, 0.1) is 11.3 Å². The second kappa shape index (κ2) is 6.73. The lowest BCUT2D eigenvalue weighted by Gasteiger charge is -2.18. The number of nitrogens with zero attached hydrogens (tertiary/aromatic N) is 3. The Morgan fingerprint density at radius 1 is 1.28 bits per heavy atom. The number of carboxylic acid groups (broad SMARTS) is 1. The van der Waals surface area contributed by atoms with Crippen LogP contribution in [0.3, 0.4) is 0 Å². The second-order valence-corrected chi connectivity index (χ2v) is 7.96. The summed E-state index contributed by atoms with van der Waals surface area (Å²) in [4.78, 5) is 20.5. The molecule has 0 radical (unpaired) electrons. The Bertz CT molecular complexity index is 857. The maximum atomic E-state index is 11.4. The van der Waals surface area contributed by atoms with E-state index >= 15 is 0 Å². The van der Waals surface area contributed by atoms with Gasteiger partial charge in [-0.15, -0.1) is 0 Å². The molecule has 6 nitrogen and oxygen atoms in total. The molecule has 0 aliphatic heterocycles. The zero-order valence-electron chi connectivity index (χ0n) is 14.0. The molecule has 0 spiro atoms. The van der Waals surface area contributed by atoms with Crippen LogP contribution in [0.25, 0.3) is 0 Å². The number of benzene rings is 1. The largest absolute Gasteiger partial charge is 0.480 e. The minimum atomic E-state index is -1.00. The number of fused-ring (bicyclic) bond motifs is 1. The van der Waals surface area contributed by atoms with Gasteiger partial charge in [-0.2, -0.15) is 5.26 Å². The number of carboxylic acids is 1. The van der Waals surface area contributed by atoms with Crippen molar-refractivity contribution >= 4 is 29.2 Å². The minimum Gasteiger partial charge on any atom is -0.480 e. The molecule has 0 unspecified atom stereocenters. The third-order valence-electron chi connectivity index (χ3n) is 4.05. The first kappa shape index (κ1) is 17.2. The molecule has 2 aromatic rings. The molecule has 0 fully saturated rings. The van der Waals surface area contributed by atoms with E-state index in [1.54, 1.807) is 26.0 Å². The SMILES string of the molecule is CC(C)(Sc1nc2c(c(Nc3ccc(C#N)cc3)n1)CCC2)C(=O)O. The molecule has 1 aromatic heterocycles. The third kappa shape index (κ3) is 3.74. The Kier molecular flexibility index (Phi) is 4.64. The van der Waals surface area contributed by atoms with Crippen molar-refractivity contribution in [3.8, 4) is 6.07 Å². The lowest BCUT2D eigenvalue weighted by molar-refractivity contribution is -0.138. The quantitative estimate of drug-likeness (QED) is 0.626. The van der Waals surface area contributed by atoms with Crippen molar-refractivity contribution in [3.63, 3.8) is 0 Å². The number of nitrogens with one attached hydrogen (secondary N) is 1. The normalized spacial score (nSPS) is 13.2. The molecule has 1 aliphatic carbocycles. The fourth-order valence-electron chi connectivity index (χ4n) is 2.60. The van der Waals surface area contributed by atoms with Gasteiger partial charge in [0, 0.05) is 11.3 Å². The van der Waals surface area contributed by atoms with Crippen molar-refractivity contribution in [2.24, 2.45) is 0 Å². The Morgan fingerprint density at radius 3 is 2.64 bits per heavy atom. The summed E-state index contributed by atoms with van der Waals surface area (Å²) in [7, 11) is 0. The van der Waals surface area contributed by atoms with Crippen LogP contribution < -0.4 is 5.32 Å². The van der Waals surface area contributed by atoms with Crippen molar-refractivity contribution in [3.05, 3.63) is 41.1 Å². The van der Waals surface area contributed by atoms with Gasteiger partial charge in [-0.25, -0.2) is 9.97 Å². The van der Waals surface area contributed by atoms with Crippen LogP contribution in [-0.2, 0) is 17.6 Å². The minimum absolute atomic E-state index is 0.462. The lowest BCUT2D eigenvalue weighted by atomic mass is 10.2. The maximum Gasteiger partial charge on any atom is 0.319 e. The number of thioether (sulfide) groups is 1. The van der Waals surface area contributed by atoms with Crippen molar-refractivity contribution in [1.29, 1.82) is 5.26 Å². The Labute approximate surface area is 150 Å². The van der Waals surface area contributed by atoms with E-state index in [0.29, 0.717) is 10.7 Å². The molecule has 1 aromatic carbocycles. The van der Waals surface area contributed by atoms with Gasteiger partial charge in [-0.3, -0.25) is 4.79 Å². The summed E-state index contributed by atoms with van der Waals surface area (Å²) in [6, 6.07) is 9.24. The van der Waals surface area contributed by atoms with E-state index < -0.39 is 10.7 Å². The molecule has 0 amide bonds. The molecule has 25 heavy (non-hydrogen) atoms. The number of aromatic nitrogens is 2. The monoisotopic (exact) mass is 354 g/mol. The summed E-state index contributed by atoms with van der Waals surface area (Å²) >= 11 is 1.15. The van der Waals surface area contributed by atoms with E-state index in [1.165, 1.54) is 0 Å². The van der Waals surface area contributed by atoms with Crippen molar-refractivity contribution in [2.75, 3.05) is 5.32 Å². The van der Waals surface area contributed by atoms with Gasteiger partial charge in [-0.1, -0.05) is 11.8 Å². The number of hydrogen-bond donors (Lipinski definition) is 2. The highest BCUT2D eigenvalue weighted by Crippen LogP contribution is 2.35. The van der Waals surface area contributed by atoms with Crippen molar-refractivity contribution < 1.29 is 9.90 Å². The van der Waals surface area contributed by atoms with Gasteiger partial charge < -0.3 is 10.4 Å². The lowest BCUT2D eigenvalue weighted by Crippen LogP contribution is -2.27. The molecule has 1 aliphatic rings. The topological polar surface area (TPSA) is 98.9 Å². The predicted molar refractivity (Wildman–Crippen MR) is 96.1 cm³/mol. The molecule has 7 heteroatoms. The van der Waals surface area contributed by atoms with Crippen LogP contribution >= 0.6 is 11.8 Å². The van der Waals surface area contributed by atoms with Crippen LogP contribution in [0.4, 0.5) is 11.5 Å². The summed E-state index contributed by atoms with van der Waals surface area (Å²) in [6.07, 6.45) is 2.80. The number of rotatable bonds is 5. The first-order chi connectivity index (χ1) is 11.9. The average molecular weight is 354 g/mol. The third-order valence-corrected chi connectivity index (χ3v) is 5.10. The van der Waals surface area contributed by atoms with Crippen LogP contribution in [0.15, 0.2) is 29.4 Å². The van der Waals surface area contributed by atoms with Gasteiger partial charge in [0.2, 0.25) is 0 Å². The predicted octanol–water partition coefficient (Wildman–Crippen LogP) is 3.54. The average Bonchev–Trinajstić information content (AvgIpc) is 3.03. The standard InChI is InChI=1S/C18H18N4O2S/c1-18(2,16(23)24)25-17-21-14-5-3-4-13(14)15(22-17)20-12-8-6-11(10-19)7-9-12/h6-9H,3-5H2,1-2H3,(H,23,24)(H,20,21,22). The first-order valence-corrected chi connectivity index (χ1v) is 8.80. The molecule has 0 saturated heterocycles. The summed E-state index contributed by atoms with van der Waals surface area (Å²) < 4.78 is -1.00. The molecule has 1 heterocycles. The first-order valence-electron chi connectivity index (χ1n) is 7.98. The van der Waals surface area contributed by atoms with E-state index in [-0.39, 0.29) is 0 Å². The van der Waals surface area contributed by atoms with Crippen molar-refractivity contribution in [1.82, 2.24) is 9.97 Å². The number of nitriles is 1. The van der Waals surface area contributed by atoms with E-state index in [2.05, 4.69) is 21.4 Å². The summed E-state index contributed by atoms with van der Waals surface area (Å²) in [6.45, 7) is 3.29. The highest BCUT2D eigenvalue weighted by atomic mass is 32.2. The fourth-order valence-corrected chi connectivity index (χ4v) is 3.43. The van der Waals surface area contributed by atoms with Crippen LogP contribution in [-0.4, -0.2) is 25.8 Å². The summed E-state index contributed by atoms with van der Waals surface area (Å²) in [5.74, 6) is -0.181. The van der Waals surface area contributed by atoms with E-state index in [1.807, 2.05) is 12.1 Å². The number of aliphatic carboxylic acids is 1. The number of carbonyl (C=O) groups is 1. The summed E-state index contributed by atoms with van der Waals surface area (Å²) in [5, 5.41) is 22.0.